The summed E-state index contributed by atoms with van der Waals surface area (Å²) >= 11 is 0. The molecule has 22 heavy (non-hydrogen) atoms. The van der Waals surface area contributed by atoms with Crippen LogP contribution in [0.5, 0.6) is 0 Å². The molecule has 0 bridgehead atoms. The lowest BCUT2D eigenvalue weighted by Crippen LogP contribution is -2.67. The summed E-state index contributed by atoms with van der Waals surface area (Å²) in [5, 5.41) is 2.80. The summed E-state index contributed by atoms with van der Waals surface area (Å²) in [7, 11) is 3.25. The molecule has 0 aliphatic carbocycles. The molecule has 1 N–H and O–H groups in total. The van der Waals surface area contributed by atoms with Crippen LogP contribution >= 0.6 is 0 Å². The van der Waals surface area contributed by atoms with E-state index in [1.807, 2.05) is 6.92 Å². The Bertz CT molecular complexity index is 409. The minimum atomic E-state index is -0.420. The second kappa shape index (κ2) is 7.28. The third kappa shape index (κ3) is 3.89. The first-order valence-electron chi connectivity index (χ1n) is 7.85. The number of rotatable bonds is 5. The van der Waals surface area contributed by atoms with Crippen molar-refractivity contribution in [3.8, 4) is 0 Å². The van der Waals surface area contributed by atoms with Gasteiger partial charge in [0.2, 0.25) is 5.91 Å². The maximum Gasteiger partial charge on any atom is 0.409 e. The largest absolute Gasteiger partial charge is 0.444 e. The Hall–Kier alpha value is -1.34. The predicted octanol–water partition coefficient (Wildman–Crippen LogP) is 1.12. The van der Waals surface area contributed by atoms with Crippen molar-refractivity contribution in [1.29, 1.82) is 0 Å². The van der Waals surface area contributed by atoms with Gasteiger partial charge in [-0.1, -0.05) is 0 Å². The van der Waals surface area contributed by atoms with Crippen molar-refractivity contribution >= 4 is 12.0 Å². The van der Waals surface area contributed by atoms with Gasteiger partial charge in [-0.2, -0.15) is 0 Å². The molecule has 2 saturated heterocycles. The van der Waals surface area contributed by atoms with Crippen molar-refractivity contribution in [3.05, 3.63) is 0 Å². The van der Waals surface area contributed by atoms with Crippen molar-refractivity contribution in [3.63, 3.8) is 0 Å². The number of nitrogens with one attached hydrogen (secondary N) is 1. The molecular weight excluding hydrogens is 288 g/mol. The minimum absolute atomic E-state index is 0.0685. The molecule has 7 heteroatoms. The Morgan fingerprint density at radius 1 is 1.32 bits per heavy atom. The third-order valence-corrected chi connectivity index (χ3v) is 4.17. The van der Waals surface area contributed by atoms with Crippen molar-refractivity contribution in [2.75, 3.05) is 20.7 Å². The predicted molar refractivity (Wildman–Crippen MR) is 79.2 cm³/mol. The molecule has 2 rings (SSSR count). The standard InChI is InChI=1S/C15H26N2O5/c1-9(21-11-7-5-6-8-20-11)12-13(16-14(12)18)10(2)22-15(19)17(3)4/h9-13H,5-8H2,1-4H3,(H,16,18)/t9-,10+,11?,12-,13-/m1/s1. The molecule has 2 amide bonds. The van der Waals surface area contributed by atoms with E-state index in [-0.39, 0.29) is 30.3 Å². The Balaban J connectivity index is 1.87. The molecule has 2 aliphatic heterocycles. The quantitative estimate of drug-likeness (QED) is 0.770. The van der Waals surface area contributed by atoms with Crippen molar-refractivity contribution in [1.82, 2.24) is 10.2 Å². The van der Waals surface area contributed by atoms with Gasteiger partial charge in [0.1, 0.15) is 6.10 Å². The van der Waals surface area contributed by atoms with Crippen LogP contribution in [0.1, 0.15) is 33.1 Å². The highest BCUT2D eigenvalue weighted by Gasteiger charge is 2.48. The maximum absolute atomic E-state index is 11.9. The first-order valence-corrected chi connectivity index (χ1v) is 7.85. The fourth-order valence-corrected chi connectivity index (χ4v) is 2.81. The summed E-state index contributed by atoms with van der Waals surface area (Å²) in [6, 6.07) is -0.227. The highest BCUT2D eigenvalue weighted by Crippen LogP contribution is 2.28. The second-order valence-corrected chi connectivity index (χ2v) is 6.18. The molecule has 0 aromatic heterocycles. The van der Waals surface area contributed by atoms with E-state index in [9.17, 15) is 9.59 Å². The fourth-order valence-electron chi connectivity index (χ4n) is 2.81. The van der Waals surface area contributed by atoms with E-state index in [1.54, 1.807) is 21.0 Å². The molecule has 0 saturated carbocycles. The Labute approximate surface area is 131 Å². The monoisotopic (exact) mass is 314 g/mol. The van der Waals surface area contributed by atoms with Crippen LogP contribution in [0.4, 0.5) is 4.79 Å². The lowest BCUT2D eigenvalue weighted by Gasteiger charge is -2.43. The summed E-state index contributed by atoms with van der Waals surface area (Å²) in [6.45, 7) is 4.35. The molecular formula is C15H26N2O5. The van der Waals surface area contributed by atoms with Crippen molar-refractivity contribution in [2.45, 2.75) is 57.6 Å². The lowest BCUT2D eigenvalue weighted by molar-refractivity contribution is -0.205. The molecule has 7 nitrogen and oxygen atoms in total. The van der Waals surface area contributed by atoms with Gasteiger partial charge in [0.15, 0.2) is 6.29 Å². The molecule has 2 fully saturated rings. The zero-order valence-electron chi connectivity index (χ0n) is 13.7. The average Bonchev–Trinajstić information content (AvgIpc) is 2.45. The van der Waals surface area contributed by atoms with Gasteiger partial charge < -0.3 is 24.4 Å². The van der Waals surface area contributed by atoms with Crippen LogP contribution in [-0.2, 0) is 19.0 Å². The highest BCUT2D eigenvalue weighted by atomic mass is 16.7. The van der Waals surface area contributed by atoms with Gasteiger partial charge in [-0.05, 0) is 33.1 Å². The fraction of sp³-hybridized carbons (Fsp3) is 0.867. The van der Waals surface area contributed by atoms with Crippen molar-refractivity contribution in [2.24, 2.45) is 5.92 Å². The van der Waals surface area contributed by atoms with Gasteiger partial charge in [0, 0.05) is 20.7 Å². The van der Waals surface area contributed by atoms with E-state index in [0.717, 1.165) is 19.3 Å². The van der Waals surface area contributed by atoms with Crippen LogP contribution in [0, 0.1) is 5.92 Å². The molecule has 1 unspecified atom stereocenters. The minimum Gasteiger partial charge on any atom is -0.444 e. The number of carbonyl (C=O) groups is 2. The van der Waals surface area contributed by atoms with Gasteiger partial charge >= 0.3 is 6.09 Å². The van der Waals surface area contributed by atoms with Crippen LogP contribution in [-0.4, -0.2) is 62.1 Å². The van der Waals surface area contributed by atoms with E-state index in [1.165, 1.54) is 4.90 Å². The van der Waals surface area contributed by atoms with E-state index in [0.29, 0.717) is 6.61 Å². The number of nitrogens with zero attached hydrogens (tertiary/aromatic N) is 1. The van der Waals surface area contributed by atoms with Gasteiger partial charge in [0.05, 0.1) is 18.1 Å². The lowest BCUT2D eigenvalue weighted by atomic mass is 9.83. The number of ether oxygens (including phenoxy) is 3. The van der Waals surface area contributed by atoms with Gasteiger partial charge in [-0.25, -0.2) is 4.79 Å². The van der Waals surface area contributed by atoms with Crippen LogP contribution < -0.4 is 5.32 Å². The first kappa shape index (κ1) is 17.0. The number of hydrogen-bond donors (Lipinski definition) is 1. The summed E-state index contributed by atoms with van der Waals surface area (Å²) in [5.74, 6) is -0.392. The molecule has 2 aliphatic rings. The van der Waals surface area contributed by atoms with E-state index < -0.39 is 12.2 Å². The van der Waals surface area contributed by atoms with E-state index in [4.69, 9.17) is 14.2 Å². The molecule has 0 aromatic rings. The second-order valence-electron chi connectivity index (χ2n) is 6.18. The molecule has 0 spiro atoms. The van der Waals surface area contributed by atoms with Crippen LogP contribution in [0.2, 0.25) is 0 Å². The molecule has 126 valence electrons. The average molecular weight is 314 g/mol. The Morgan fingerprint density at radius 2 is 2.05 bits per heavy atom. The summed E-state index contributed by atoms with van der Waals surface area (Å²) < 4.78 is 16.7. The number of hydrogen-bond acceptors (Lipinski definition) is 5. The smallest absolute Gasteiger partial charge is 0.409 e. The van der Waals surface area contributed by atoms with E-state index >= 15 is 0 Å². The summed E-state index contributed by atoms with van der Waals surface area (Å²) in [5.41, 5.74) is 0. The third-order valence-electron chi connectivity index (χ3n) is 4.17. The number of β-lactam (4-membered cyclic amide) rings is 1. The number of carbonyl (C=O) groups excluding carboxylic acids is 2. The Morgan fingerprint density at radius 3 is 2.59 bits per heavy atom. The number of amides is 2. The van der Waals surface area contributed by atoms with Gasteiger partial charge in [-0.15, -0.1) is 0 Å². The Kier molecular flexibility index (Phi) is 5.63. The summed E-state index contributed by atoms with van der Waals surface area (Å²) in [6.07, 6.45) is 1.65. The molecule has 0 radical (unpaired) electrons. The van der Waals surface area contributed by atoms with Crippen LogP contribution in [0.3, 0.4) is 0 Å². The van der Waals surface area contributed by atoms with Gasteiger partial charge in [-0.3, -0.25) is 4.79 Å². The zero-order chi connectivity index (χ0) is 16.3. The SMILES string of the molecule is C[C@H](OC(=O)N(C)C)[C@H]1NC(=O)[C@@H]1[C@@H](C)OC1CCCCO1. The van der Waals surface area contributed by atoms with E-state index in [2.05, 4.69) is 5.32 Å². The first-order chi connectivity index (χ1) is 10.4. The molecule has 5 atom stereocenters. The van der Waals surface area contributed by atoms with Crippen LogP contribution in [0.15, 0.2) is 0 Å². The van der Waals surface area contributed by atoms with Gasteiger partial charge in [0.25, 0.3) is 0 Å². The summed E-state index contributed by atoms with van der Waals surface area (Å²) in [4.78, 5) is 24.8. The maximum atomic E-state index is 11.9. The van der Waals surface area contributed by atoms with Crippen molar-refractivity contribution < 1.29 is 23.8 Å². The molecule has 2 heterocycles. The highest BCUT2D eigenvalue weighted by molar-refractivity contribution is 5.86. The van der Waals surface area contributed by atoms with Crippen LogP contribution in [0.25, 0.3) is 0 Å². The molecule has 0 aromatic carbocycles. The topological polar surface area (TPSA) is 77.1 Å². The normalized spacial score (nSPS) is 30.7. The zero-order valence-corrected chi connectivity index (χ0v) is 13.7.